The molecule has 180 valence electrons. The average molecular weight is 472 g/mol. The Bertz CT molecular complexity index is 1160. The summed E-state index contributed by atoms with van der Waals surface area (Å²) in [6.45, 7) is 3.51. The average Bonchev–Trinajstić information content (AvgIpc) is 3.20. The van der Waals surface area contributed by atoms with Gasteiger partial charge in [-0.05, 0) is 34.7 Å². The molecule has 0 fully saturated rings. The van der Waals surface area contributed by atoms with Crippen LogP contribution in [-0.4, -0.2) is 30.5 Å². The number of nitrogens with one attached hydrogen (secondary N) is 1. The third kappa shape index (κ3) is 5.27. The standard InChI is InChI=1S/C29H29NO5/c1-3-26(32)35-28(19-12-6-5-7-13-19)27(29(33)34-4-2)30-25(31)18-24-22-16-10-8-14-20(22)21-15-9-11-17-23(21)24/h5-17,24,27-28H,3-4,18H2,1-2H3,(H,30,31)/t27-,28-/m0/s1. The van der Waals surface area contributed by atoms with E-state index in [-0.39, 0.29) is 31.3 Å². The Labute approximate surface area is 205 Å². The van der Waals surface area contributed by atoms with Crippen molar-refractivity contribution in [2.45, 2.75) is 44.8 Å². The molecule has 0 spiro atoms. The van der Waals surface area contributed by atoms with E-state index >= 15 is 0 Å². The zero-order chi connectivity index (χ0) is 24.8. The highest BCUT2D eigenvalue weighted by Crippen LogP contribution is 2.46. The fourth-order valence-corrected chi connectivity index (χ4v) is 4.58. The number of carbonyl (C=O) groups is 3. The molecule has 0 aliphatic heterocycles. The first-order valence-electron chi connectivity index (χ1n) is 11.9. The Balaban J connectivity index is 1.62. The highest BCUT2D eigenvalue weighted by Gasteiger charge is 2.37. The van der Waals surface area contributed by atoms with Crippen molar-refractivity contribution >= 4 is 17.8 Å². The highest BCUT2D eigenvalue weighted by atomic mass is 16.6. The van der Waals surface area contributed by atoms with Gasteiger partial charge in [0.2, 0.25) is 5.91 Å². The number of esters is 2. The van der Waals surface area contributed by atoms with Crippen LogP contribution in [0.1, 0.15) is 55.4 Å². The van der Waals surface area contributed by atoms with Crippen LogP contribution in [0, 0.1) is 0 Å². The number of amides is 1. The topological polar surface area (TPSA) is 81.7 Å². The van der Waals surface area contributed by atoms with Gasteiger partial charge in [0.15, 0.2) is 12.1 Å². The summed E-state index contributed by atoms with van der Waals surface area (Å²) in [4.78, 5) is 38.6. The summed E-state index contributed by atoms with van der Waals surface area (Å²) >= 11 is 0. The number of benzene rings is 3. The molecule has 0 unspecified atom stereocenters. The van der Waals surface area contributed by atoms with Gasteiger partial charge in [0, 0.05) is 18.8 Å². The van der Waals surface area contributed by atoms with E-state index in [1.807, 2.05) is 42.5 Å². The summed E-state index contributed by atoms with van der Waals surface area (Å²) < 4.78 is 10.9. The van der Waals surface area contributed by atoms with E-state index in [4.69, 9.17) is 9.47 Å². The molecule has 0 saturated carbocycles. The molecule has 2 atom stereocenters. The van der Waals surface area contributed by atoms with Crippen LogP contribution in [0.3, 0.4) is 0 Å². The number of fused-ring (bicyclic) bond motifs is 3. The van der Waals surface area contributed by atoms with Gasteiger partial charge in [0.05, 0.1) is 6.61 Å². The first-order chi connectivity index (χ1) is 17.0. The predicted octanol–water partition coefficient (Wildman–Crippen LogP) is 4.93. The summed E-state index contributed by atoms with van der Waals surface area (Å²) in [6.07, 6.45) is -0.717. The summed E-state index contributed by atoms with van der Waals surface area (Å²) in [5.41, 5.74) is 4.98. The maximum Gasteiger partial charge on any atom is 0.332 e. The molecule has 0 radical (unpaired) electrons. The van der Waals surface area contributed by atoms with Gasteiger partial charge in [-0.2, -0.15) is 0 Å². The maximum atomic E-state index is 13.4. The lowest BCUT2D eigenvalue weighted by molar-refractivity contribution is -0.160. The van der Waals surface area contributed by atoms with E-state index in [0.717, 1.165) is 22.3 Å². The lowest BCUT2D eigenvalue weighted by atomic mass is 9.93. The van der Waals surface area contributed by atoms with Gasteiger partial charge >= 0.3 is 11.9 Å². The van der Waals surface area contributed by atoms with Crippen LogP contribution in [-0.2, 0) is 23.9 Å². The highest BCUT2D eigenvalue weighted by molar-refractivity contribution is 5.88. The zero-order valence-corrected chi connectivity index (χ0v) is 19.9. The first-order valence-corrected chi connectivity index (χ1v) is 11.9. The molecule has 3 aromatic rings. The molecular weight excluding hydrogens is 442 g/mol. The largest absolute Gasteiger partial charge is 0.464 e. The predicted molar refractivity (Wildman–Crippen MR) is 132 cm³/mol. The Hall–Kier alpha value is -3.93. The lowest BCUT2D eigenvalue weighted by Crippen LogP contribution is -2.47. The Kier molecular flexibility index (Phi) is 7.60. The van der Waals surface area contributed by atoms with Crippen molar-refractivity contribution in [1.82, 2.24) is 5.32 Å². The smallest absolute Gasteiger partial charge is 0.332 e. The van der Waals surface area contributed by atoms with Gasteiger partial charge in [-0.25, -0.2) is 4.79 Å². The molecule has 35 heavy (non-hydrogen) atoms. The minimum atomic E-state index is -1.17. The van der Waals surface area contributed by atoms with E-state index in [1.54, 1.807) is 38.1 Å². The van der Waals surface area contributed by atoms with E-state index in [9.17, 15) is 14.4 Å². The zero-order valence-electron chi connectivity index (χ0n) is 19.9. The van der Waals surface area contributed by atoms with Crippen molar-refractivity contribution < 1.29 is 23.9 Å². The molecule has 1 aliphatic rings. The summed E-state index contributed by atoms with van der Waals surface area (Å²) in [6, 6.07) is 23.8. The van der Waals surface area contributed by atoms with Crippen LogP contribution in [0.5, 0.6) is 0 Å². The van der Waals surface area contributed by atoms with Gasteiger partial charge in [0.25, 0.3) is 0 Å². The molecule has 1 amide bonds. The normalized spacial score (nSPS) is 13.8. The minimum absolute atomic E-state index is 0.137. The van der Waals surface area contributed by atoms with E-state index in [1.165, 1.54) is 0 Å². The van der Waals surface area contributed by atoms with Crippen LogP contribution in [0.25, 0.3) is 11.1 Å². The van der Waals surface area contributed by atoms with Crippen LogP contribution in [0.2, 0.25) is 0 Å². The van der Waals surface area contributed by atoms with Gasteiger partial charge in [0.1, 0.15) is 0 Å². The van der Waals surface area contributed by atoms with Crippen molar-refractivity contribution in [1.29, 1.82) is 0 Å². The molecule has 4 rings (SSSR count). The Morgan fingerprint density at radius 3 is 1.97 bits per heavy atom. The fourth-order valence-electron chi connectivity index (χ4n) is 4.58. The molecule has 0 heterocycles. The summed E-state index contributed by atoms with van der Waals surface area (Å²) in [7, 11) is 0. The fraction of sp³-hybridized carbons (Fsp3) is 0.276. The van der Waals surface area contributed by atoms with Crippen LogP contribution < -0.4 is 5.32 Å². The Morgan fingerprint density at radius 1 is 0.829 bits per heavy atom. The molecule has 1 aliphatic carbocycles. The molecule has 6 heteroatoms. The van der Waals surface area contributed by atoms with Crippen molar-refractivity contribution in [3.63, 3.8) is 0 Å². The lowest BCUT2D eigenvalue weighted by Gasteiger charge is -2.27. The van der Waals surface area contributed by atoms with E-state index < -0.39 is 24.1 Å². The number of rotatable bonds is 9. The number of carbonyl (C=O) groups excluding carboxylic acids is 3. The SMILES string of the molecule is CCOC(=O)[C@@H](NC(=O)CC1c2ccccc2-c2ccccc21)[C@@H](OC(=O)CC)c1ccccc1. The molecular formula is C29H29NO5. The van der Waals surface area contributed by atoms with Crippen LogP contribution in [0.15, 0.2) is 78.9 Å². The van der Waals surface area contributed by atoms with Crippen LogP contribution in [0.4, 0.5) is 0 Å². The monoisotopic (exact) mass is 471 g/mol. The molecule has 1 N–H and O–H groups in total. The van der Waals surface area contributed by atoms with Gasteiger partial charge < -0.3 is 14.8 Å². The molecule has 0 saturated heterocycles. The van der Waals surface area contributed by atoms with E-state index in [2.05, 4.69) is 17.4 Å². The summed E-state index contributed by atoms with van der Waals surface area (Å²) in [5, 5.41) is 2.83. The second-order valence-corrected chi connectivity index (χ2v) is 8.40. The maximum absolute atomic E-state index is 13.4. The third-order valence-electron chi connectivity index (χ3n) is 6.19. The molecule has 3 aromatic carbocycles. The van der Waals surface area contributed by atoms with Crippen molar-refractivity contribution in [3.8, 4) is 11.1 Å². The molecule has 0 aromatic heterocycles. The second-order valence-electron chi connectivity index (χ2n) is 8.40. The van der Waals surface area contributed by atoms with Gasteiger partial charge in [-0.3, -0.25) is 9.59 Å². The van der Waals surface area contributed by atoms with Crippen molar-refractivity contribution in [2.24, 2.45) is 0 Å². The quantitative estimate of drug-likeness (QED) is 0.448. The number of ether oxygens (including phenoxy) is 2. The number of hydrogen-bond acceptors (Lipinski definition) is 5. The van der Waals surface area contributed by atoms with Crippen molar-refractivity contribution in [3.05, 3.63) is 95.6 Å². The van der Waals surface area contributed by atoms with Crippen molar-refractivity contribution in [2.75, 3.05) is 6.61 Å². The van der Waals surface area contributed by atoms with E-state index in [0.29, 0.717) is 5.56 Å². The van der Waals surface area contributed by atoms with Gasteiger partial charge in [-0.1, -0.05) is 85.8 Å². The minimum Gasteiger partial charge on any atom is -0.464 e. The third-order valence-corrected chi connectivity index (χ3v) is 6.19. The second kappa shape index (κ2) is 11.0. The summed E-state index contributed by atoms with van der Waals surface area (Å²) in [5.74, 6) is -1.58. The molecule has 0 bridgehead atoms. The van der Waals surface area contributed by atoms with Gasteiger partial charge in [-0.15, -0.1) is 0 Å². The molecule has 6 nitrogen and oxygen atoms in total. The number of hydrogen-bond donors (Lipinski definition) is 1. The van der Waals surface area contributed by atoms with Crippen LogP contribution >= 0.6 is 0 Å². The Morgan fingerprint density at radius 2 is 1.40 bits per heavy atom. The first kappa shape index (κ1) is 24.2.